The molecule has 0 bridgehead atoms. The zero-order valence-corrected chi connectivity index (χ0v) is 10.5. The van der Waals surface area contributed by atoms with Crippen molar-refractivity contribution in [1.29, 1.82) is 0 Å². The van der Waals surface area contributed by atoms with Crippen molar-refractivity contribution in [2.45, 2.75) is 44.2 Å². The number of piperazine rings is 1. The number of hydrogen-bond acceptors (Lipinski definition) is 3. The summed E-state index contributed by atoms with van der Waals surface area (Å²) in [6, 6.07) is 0.744. The molecule has 4 heteroatoms. The van der Waals surface area contributed by atoms with Crippen LogP contribution in [0.4, 0.5) is 0 Å². The molecule has 3 aliphatic rings. The predicted molar refractivity (Wildman–Crippen MR) is 66.5 cm³/mol. The van der Waals surface area contributed by atoms with Gasteiger partial charge in [0.25, 0.3) is 0 Å². The Morgan fingerprint density at radius 3 is 2.82 bits per heavy atom. The van der Waals surface area contributed by atoms with Crippen LogP contribution in [0.2, 0.25) is 0 Å². The molecular weight excluding hydrogens is 214 g/mol. The van der Waals surface area contributed by atoms with E-state index in [4.69, 9.17) is 5.73 Å². The van der Waals surface area contributed by atoms with E-state index in [1.54, 1.807) is 0 Å². The molecule has 0 radical (unpaired) electrons. The van der Waals surface area contributed by atoms with Gasteiger partial charge in [0.1, 0.15) is 0 Å². The van der Waals surface area contributed by atoms with Gasteiger partial charge in [-0.15, -0.1) is 0 Å². The molecule has 4 nitrogen and oxygen atoms in total. The van der Waals surface area contributed by atoms with E-state index in [0.717, 1.165) is 19.6 Å². The minimum Gasteiger partial charge on any atom is -0.340 e. The van der Waals surface area contributed by atoms with Gasteiger partial charge in [0, 0.05) is 38.1 Å². The number of carbonyl (C=O) groups is 1. The molecule has 2 unspecified atom stereocenters. The Labute approximate surface area is 103 Å². The molecule has 0 spiro atoms. The Balaban J connectivity index is 1.51. The summed E-state index contributed by atoms with van der Waals surface area (Å²) < 4.78 is 0. The fraction of sp³-hybridized carbons (Fsp3) is 0.923. The van der Waals surface area contributed by atoms with Gasteiger partial charge in [-0.2, -0.15) is 0 Å². The third-order valence-corrected chi connectivity index (χ3v) is 4.58. The molecule has 0 aromatic rings. The number of amides is 1. The van der Waals surface area contributed by atoms with Crippen molar-refractivity contribution >= 4 is 5.91 Å². The van der Waals surface area contributed by atoms with E-state index in [-0.39, 0.29) is 11.9 Å². The Bertz CT molecular complexity index is 303. The second kappa shape index (κ2) is 4.58. The van der Waals surface area contributed by atoms with E-state index < -0.39 is 0 Å². The highest BCUT2D eigenvalue weighted by molar-refractivity contribution is 5.77. The van der Waals surface area contributed by atoms with Crippen LogP contribution in [0.25, 0.3) is 0 Å². The number of nitrogens with two attached hydrogens (primary N) is 1. The van der Waals surface area contributed by atoms with Crippen molar-refractivity contribution in [2.24, 2.45) is 11.7 Å². The third-order valence-electron chi connectivity index (χ3n) is 4.58. The van der Waals surface area contributed by atoms with E-state index in [0.29, 0.717) is 18.4 Å². The maximum absolute atomic E-state index is 12.2. The molecule has 17 heavy (non-hydrogen) atoms. The van der Waals surface area contributed by atoms with Crippen LogP contribution in [-0.4, -0.2) is 54.0 Å². The number of hydrogen-bond donors (Lipinski definition) is 1. The first-order chi connectivity index (χ1) is 8.24. The van der Waals surface area contributed by atoms with E-state index in [1.807, 2.05) is 0 Å². The lowest BCUT2D eigenvalue weighted by molar-refractivity contribution is -0.134. The topological polar surface area (TPSA) is 49.6 Å². The fourth-order valence-electron chi connectivity index (χ4n) is 3.24. The Morgan fingerprint density at radius 1 is 1.24 bits per heavy atom. The molecule has 0 aromatic heterocycles. The summed E-state index contributed by atoms with van der Waals surface area (Å²) in [7, 11) is 0. The number of nitrogens with zero attached hydrogens (tertiary/aromatic N) is 2. The lowest BCUT2D eigenvalue weighted by Crippen LogP contribution is -2.52. The van der Waals surface area contributed by atoms with Gasteiger partial charge in [-0.1, -0.05) is 0 Å². The number of fused-ring (bicyclic) bond motifs is 1. The van der Waals surface area contributed by atoms with E-state index >= 15 is 0 Å². The van der Waals surface area contributed by atoms with Crippen molar-refractivity contribution in [3.63, 3.8) is 0 Å². The Hall–Kier alpha value is -0.610. The van der Waals surface area contributed by atoms with Crippen molar-refractivity contribution in [1.82, 2.24) is 9.80 Å². The molecule has 2 aliphatic heterocycles. The van der Waals surface area contributed by atoms with Crippen molar-refractivity contribution in [3.05, 3.63) is 0 Å². The molecule has 2 N–H and O–H groups in total. The second-order valence-corrected chi connectivity index (χ2v) is 5.88. The third kappa shape index (κ3) is 2.47. The molecule has 1 amide bonds. The maximum Gasteiger partial charge on any atom is 0.224 e. The van der Waals surface area contributed by atoms with Gasteiger partial charge in [-0.25, -0.2) is 0 Å². The predicted octanol–water partition coefficient (Wildman–Crippen LogP) is 0.420. The molecule has 0 aromatic carbocycles. The van der Waals surface area contributed by atoms with Crippen LogP contribution in [0.3, 0.4) is 0 Å². The number of rotatable bonds is 3. The highest BCUT2D eigenvalue weighted by Crippen LogP contribution is 2.33. The minimum absolute atomic E-state index is 0.115. The van der Waals surface area contributed by atoms with Crippen LogP contribution in [0, 0.1) is 5.92 Å². The molecule has 2 saturated heterocycles. The first kappa shape index (κ1) is 11.5. The van der Waals surface area contributed by atoms with Crippen LogP contribution < -0.4 is 5.73 Å². The van der Waals surface area contributed by atoms with E-state index in [9.17, 15) is 4.79 Å². The van der Waals surface area contributed by atoms with Crippen molar-refractivity contribution in [3.8, 4) is 0 Å². The van der Waals surface area contributed by atoms with Crippen LogP contribution in [0.5, 0.6) is 0 Å². The van der Waals surface area contributed by atoms with Crippen LogP contribution in [-0.2, 0) is 4.79 Å². The fourth-order valence-corrected chi connectivity index (χ4v) is 3.24. The zero-order chi connectivity index (χ0) is 11.8. The highest BCUT2D eigenvalue weighted by atomic mass is 16.2. The van der Waals surface area contributed by atoms with Crippen molar-refractivity contribution < 1.29 is 4.79 Å². The van der Waals surface area contributed by atoms with E-state index in [1.165, 1.54) is 32.2 Å². The van der Waals surface area contributed by atoms with Crippen LogP contribution in [0.15, 0.2) is 0 Å². The highest BCUT2D eigenvalue weighted by Gasteiger charge is 2.35. The van der Waals surface area contributed by atoms with Gasteiger partial charge in [-0.3, -0.25) is 9.69 Å². The van der Waals surface area contributed by atoms with Crippen LogP contribution >= 0.6 is 0 Å². The molecule has 3 rings (SSSR count). The SMILES string of the molecule is NC(CC(=O)N1CCN2CCCC2C1)C1CC1. The van der Waals surface area contributed by atoms with E-state index in [2.05, 4.69) is 9.80 Å². The largest absolute Gasteiger partial charge is 0.340 e. The Kier molecular flexibility index (Phi) is 3.09. The lowest BCUT2D eigenvalue weighted by atomic mass is 10.1. The number of carbonyl (C=O) groups excluding carboxylic acids is 1. The minimum atomic E-state index is 0.115. The first-order valence-electron chi connectivity index (χ1n) is 7.01. The first-order valence-corrected chi connectivity index (χ1v) is 7.01. The molecule has 2 atom stereocenters. The molecule has 2 heterocycles. The van der Waals surface area contributed by atoms with Gasteiger partial charge in [0.05, 0.1) is 0 Å². The molecular formula is C13H23N3O. The summed E-state index contributed by atoms with van der Waals surface area (Å²) in [5.41, 5.74) is 6.04. The summed E-state index contributed by atoms with van der Waals surface area (Å²) in [5.74, 6) is 0.919. The van der Waals surface area contributed by atoms with Gasteiger partial charge in [0.15, 0.2) is 0 Å². The second-order valence-electron chi connectivity index (χ2n) is 5.88. The Morgan fingerprint density at radius 2 is 2.06 bits per heavy atom. The molecule has 1 aliphatic carbocycles. The van der Waals surface area contributed by atoms with Gasteiger partial charge in [0.2, 0.25) is 5.91 Å². The summed E-state index contributed by atoms with van der Waals surface area (Å²) >= 11 is 0. The summed E-state index contributed by atoms with van der Waals surface area (Å²) in [4.78, 5) is 16.7. The normalized spacial score (nSPS) is 31.4. The lowest BCUT2D eigenvalue weighted by Gasteiger charge is -2.37. The average molecular weight is 237 g/mol. The monoisotopic (exact) mass is 237 g/mol. The van der Waals surface area contributed by atoms with Gasteiger partial charge in [-0.05, 0) is 38.1 Å². The van der Waals surface area contributed by atoms with Gasteiger partial charge < -0.3 is 10.6 Å². The average Bonchev–Trinajstić information content (AvgIpc) is 3.07. The standard InChI is InChI=1S/C13H23N3O/c14-12(10-3-4-10)8-13(17)16-7-6-15-5-1-2-11(15)9-16/h10-12H,1-9,14H2. The maximum atomic E-state index is 12.2. The quantitative estimate of drug-likeness (QED) is 0.774. The smallest absolute Gasteiger partial charge is 0.224 e. The van der Waals surface area contributed by atoms with Gasteiger partial charge >= 0.3 is 0 Å². The summed E-state index contributed by atoms with van der Waals surface area (Å²) in [6.07, 6.45) is 5.58. The summed E-state index contributed by atoms with van der Waals surface area (Å²) in [5, 5.41) is 0. The molecule has 3 fully saturated rings. The van der Waals surface area contributed by atoms with Crippen molar-refractivity contribution in [2.75, 3.05) is 26.2 Å². The molecule has 96 valence electrons. The molecule has 1 saturated carbocycles. The van der Waals surface area contributed by atoms with Crippen LogP contribution in [0.1, 0.15) is 32.1 Å². The zero-order valence-electron chi connectivity index (χ0n) is 10.5. The summed E-state index contributed by atoms with van der Waals surface area (Å²) in [6.45, 7) is 4.15.